The van der Waals surface area contributed by atoms with Crippen LogP contribution >= 0.6 is 11.8 Å². The molecule has 1 unspecified atom stereocenters. The van der Waals surface area contributed by atoms with Crippen molar-refractivity contribution in [3.8, 4) is 0 Å². The number of carboxylic acids is 1. The average molecular weight is 262 g/mol. The van der Waals surface area contributed by atoms with Crippen LogP contribution in [0.25, 0.3) is 0 Å². The van der Waals surface area contributed by atoms with Crippen LogP contribution in [0.4, 0.5) is 0 Å². The molecule has 0 saturated heterocycles. The van der Waals surface area contributed by atoms with Gasteiger partial charge in [-0.3, -0.25) is 9.48 Å². The van der Waals surface area contributed by atoms with Crippen LogP contribution < -0.4 is 0 Å². The maximum atomic E-state index is 10.9. The van der Waals surface area contributed by atoms with E-state index >= 15 is 0 Å². The lowest BCUT2D eigenvalue weighted by molar-refractivity contribution is -0.137. The lowest BCUT2D eigenvalue weighted by Crippen LogP contribution is -2.03. The normalized spacial score (nSPS) is 12.3. The maximum Gasteiger partial charge on any atom is 0.304 e. The van der Waals surface area contributed by atoms with E-state index in [-0.39, 0.29) is 11.7 Å². The molecule has 0 aliphatic rings. The first kappa shape index (κ1) is 12.7. The van der Waals surface area contributed by atoms with Crippen LogP contribution in [-0.4, -0.2) is 20.9 Å². The molecule has 0 amide bonds. The van der Waals surface area contributed by atoms with Gasteiger partial charge in [0.05, 0.1) is 12.6 Å². The van der Waals surface area contributed by atoms with Gasteiger partial charge >= 0.3 is 5.97 Å². The Morgan fingerprint density at radius 1 is 1.44 bits per heavy atom. The summed E-state index contributed by atoms with van der Waals surface area (Å²) in [7, 11) is 1.85. The standard InChI is InChI=1S/C13H14N2O2S/c1-15-9-11(8-14-15)18-12(7-13(16)17)10-5-3-2-4-6-10/h2-6,8-9,12H,7H2,1H3,(H,16,17). The van der Waals surface area contributed by atoms with Gasteiger partial charge in [-0.25, -0.2) is 0 Å². The van der Waals surface area contributed by atoms with Gasteiger partial charge < -0.3 is 5.11 Å². The molecular weight excluding hydrogens is 248 g/mol. The third-order valence-corrected chi connectivity index (χ3v) is 3.70. The molecule has 0 aliphatic heterocycles. The highest BCUT2D eigenvalue weighted by Crippen LogP contribution is 2.37. The number of hydrogen-bond donors (Lipinski definition) is 1. The summed E-state index contributed by atoms with van der Waals surface area (Å²) < 4.78 is 1.71. The summed E-state index contributed by atoms with van der Waals surface area (Å²) in [6, 6.07) is 9.69. The van der Waals surface area contributed by atoms with Crippen molar-refractivity contribution < 1.29 is 9.90 Å². The summed E-state index contributed by atoms with van der Waals surface area (Å²) in [5.74, 6) is -0.791. The highest BCUT2D eigenvalue weighted by molar-refractivity contribution is 7.99. The Hall–Kier alpha value is -1.75. The van der Waals surface area contributed by atoms with Crippen molar-refractivity contribution in [2.45, 2.75) is 16.6 Å². The van der Waals surface area contributed by atoms with Crippen molar-refractivity contribution in [2.75, 3.05) is 0 Å². The molecule has 18 heavy (non-hydrogen) atoms. The van der Waals surface area contributed by atoms with E-state index in [2.05, 4.69) is 5.10 Å². The lowest BCUT2D eigenvalue weighted by Gasteiger charge is -2.13. The van der Waals surface area contributed by atoms with Crippen molar-refractivity contribution in [3.05, 3.63) is 48.3 Å². The Kier molecular flexibility index (Phi) is 4.04. The summed E-state index contributed by atoms with van der Waals surface area (Å²) in [5.41, 5.74) is 1.02. The van der Waals surface area contributed by atoms with Crippen molar-refractivity contribution in [3.63, 3.8) is 0 Å². The molecule has 0 aliphatic carbocycles. The lowest BCUT2D eigenvalue weighted by atomic mass is 10.1. The SMILES string of the molecule is Cn1cc(SC(CC(=O)O)c2ccccc2)cn1. The Balaban J connectivity index is 2.18. The molecule has 1 aromatic carbocycles. The van der Waals surface area contributed by atoms with Gasteiger partial charge in [-0.2, -0.15) is 5.10 Å². The quantitative estimate of drug-likeness (QED) is 0.842. The van der Waals surface area contributed by atoms with E-state index in [1.54, 1.807) is 10.9 Å². The summed E-state index contributed by atoms with van der Waals surface area (Å²) >= 11 is 1.53. The van der Waals surface area contributed by atoms with Crippen molar-refractivity contribution >= 4 is 17.7 Å². The number of rotatable bonds is 5. The van der Waals surface area contributed by atoms with Gasteiger partial charge in [0.25, 0.3) is 0 Å². The van der Waals surface area contributed by atoms with Gasteiger partial charge in [0, 0.05) is 23.4 Å². The first-order valence-corrected chi connectivity index (χ1v) is 6.45. The van der Waals surface area contributed by atoms with Crippen LogP contribution in [-0.2, 0) is 11.8 Å². The first-order chi connectivity index (χ1) is 8.65. The molecule has 0 fully saturated rings. The number of carbonyl (C=O) groups is 1. The minimum atomic E-state index is -0.791. The first-order valence-electron chi connectivity index (χ1n) is 5.57. The van der Waals surface area contributed by atoms with E-state index in [9.17, 15) is 4.79 Å². The van der Waals surface area contributed by atoms with E-state index in [0.717, 1.165) is 10.5 Å². The number of hydrogen-bond acceptors (Lipinski definition) is 3. The van der Waals surface area contributed by atoms with Crippen LogP contribution in [0.5, 0.6) is 0 Å². The minimum absolute atomic E-state index is 0.0899. The molecule has 1 N–H and O–H groups in total. The fourth-order valence-electron chi connectivity index (χ4n) is 1.68. The molecule has 94 valence electrons. The van der Waals surface area contributed by atoms with E-state index in [1.165, 1.54) is 11.8 Å². The zero-order valence-electron chi connectivity index (χ0n) is 9.98. The number of nitrogens with zero attached hydrogens (tertiary/aromatic N) is 2. The molecule has 1 heterocycles. The van der Waals surface area contributed by atoms with Crippen LogP contribution in [0.1, 0.15) is 17.2 Å². The Morgan fingerprint density at radius 2 is 2.17 bits per heavy atom. The van der Waals surface area contributed by atoms with Gasteiger partial charge in [-0.1, -0.05) is 30.3 Å². The summed E-state index contributed by atoms with van der Waals surface area (Å²) in [5, 5.41) is 13.0. The number of benzene rings is 1. The smallest absolute Gasteiger partial charge is 0.304 e. The van der Waals surface area contributed by atoms with Gasteiger partial charge in [0.15, 0.2) is 0 Å². The van der Waals surface area contributed by atoms with Crippen LogP contribution in [0.3, 0.4) is 0 Å². The van der Waals surface area contributed by atoms with Gasteiger partial charge in [0.1, 0.15) is 0 Å². The van der Waals surface area contributed by atoms with Crippen LogP contribution in [0.2, 0.25) is 0 Å². The monoisotopic (exact) mass is 262 g/mol. The Morgan fingerprint density at radius 3 is 2.72 bits per heavy atom. The highest BCUT2D eigenvalue weighted by Gasteiger charge is 2.17. The number of aromatic nitrogens is 2. The third kappa shape index (κ3) is 3.37. The Bertz CT molecular complexity index is 525. The summed E-state index contributed by atoms with van der Waals surface area (Å²) in [4.78, 5) is 11.9. The number of aryl methyl sites for hydroxylation is 1. The predicted octanol–water partition coefficient (Wildman–Crippen LogP) is 2.73. The molecule has 2 rings (SSSR count). The molecule has 0 spiro atoms. The molecule has 1 atom stereocenters. The van der Waals surface area contributed by atoms with Crippen molar-refractivity contribution in [2.24, 2.45) is 7.05 Å². The average Bonchev–Trinajstić information content (AvgIpc) is 2.75. The van der Waals surface area contributed by atoms with E-state index in [1.807, 2.05) is 43.6 Å². The maximum absolute atomic E-state index is 10.9. The van der Waals surface area contributed by atoms with Gasteiger partial charge in [-0.05, 0) is 5.56 Å². The van der Waals surface area contributed by atoms with E-state index in [0.29, 0.717) is 0 Å². The molecule has 0 saturated carbocycles. The summed E-state index contributed by atoms with van der Waals surface area (Å²) in [6.45, 7) is 0. The second-order valence-corrected chi connectivity index (χ2v) is 5.24. The fourth-order valence-corrected chi connectivity index (χ4v) is 2.85. The molecule has 4 nitrogen and oxygen atoms in total. The number of aliphatic carboxylic acids is 1. The molecule has 5 heteroatoms. The predicted molar refractivity (Wildman–Crippen MR) is 70.5 cm³/mol. The van der Waals surface area contributed by atoms with E-state index < -0.39 is 5.97 Å². The molecule has 1 aromatic heterocycles. The molecule has 2 aromatic rings. The van der Waals surface area contributed by atoms with E-state index in [4.69, 9.17) is 5.11 Å². The molecule has 0 bridgehead atoms. The zero-order valence-corrected chi connectivity index (χ0v) is 10.8. The molecular formula is C13H14N2O2S. The van der Waals surface area contributed by atoms with Crippen LogP contribution in [0, 0.1) is 0 Å². The second-order valence-electron chi connectivity index (χ2n) is 3.96. The second kappa shape index (κ2) is 5.73. The van der Waals surface area contributed by atoms with Crippen LogP contribution in [0.15, 0.2) is 47.6 Å². The van der Waals surface area contributed by atoms with Crippen molar-refractivity contribution in [1.29, 1.82) is 0 Å². The Labute approximate surface area is 110 Å². The minimum Gasteiger partial charge on any atom is -0.481 e. The topological polar surface area (TPSA) is 55.1 Å². The largest absolute Gasteiger partial charge is 0.481 e. The summed E-state index contributed by atoms with van der Waals surface area (Å²) in [6.07, 6.45) is 3.74. The fraction of sp³-hybridized carbons (Fsp3) is 0.231. The molecule has 0 radical (unpaired) electrons. The van der Waals surface area contributed by atoms with Gasteiger partial charge in [-0.15, -0.1) is 11.8 Å². The zero-order chi connectivity index (χ0) is 13.0. The van der Waals surface area contributed by atoms with Gasteiger partial charge in [0.2, 0.25) is 0 Å². The number of thioether (sulfide) groups is 1. The number of carboxylic acid groups (broad SMARTS) is 1. The third-order valence-electron chi connectivity index (χ3n) is 2.49. The highest BCUT2D eigenvalue weighted by atomic mass is 32.2. The van der Waals surface area contributed by atoms with Crippen molar-refractivity contribution in [1.82, 2.24) is 9.78 Å².